The average Bonchev–Trinajstić information content (AvgIpc) is 2.45. The van der Waals surface area contributed by atoms with E-state index in [-0.39, 0.29) is 5.76 Å². The lowest BCUT2D eigenvalue weighted by molar-refractivity contribution is 0.123. The molecule has 2 rings (SSSR count). The highest BCUT2D eigenvalue weighted by Crippen LogP contribution is 2.31. The van der Waals surface area contributed by atoms with Gasteiger partial charge in [-0.25, -0.2) is 8.78 Å². The zero-order chi connectivity index (χ0) is 9.42. The molecule has 0 aliphatic rings. The fourth-order valence-electron chi connectivity index (χ4n) is 1.40. The first-order valence-electron chi connectivity index (χ1n) is 3.96. The van der Waals surface area contributed by atoms with Crippen LogP contribution in [-0.4, -0.2) is 0 Å². The van der Waals surface area contributed by atoms with Gasteiger partial charge < -0.3 is 4.42 Å². The lowest BCUT2D eigenvalue weighted by Crippen LogP contribution is -1.81. The molecule has 0 saturated heterocycles. The maximum Gasteiger partial charge on any atom is 0.295 e. The van der Waals surface area contributed by atoms with Crippen molar-refractivity contribution in [1.82, 2.24) is 0 Å². The van der Waals surface area contributed by atoms with Crippen LogP contribution in [0.3, 0.4) is 0 Å². The summed E-state index contributed by atoms with van der Waals surface area (Å²) in [5, 5.41) is 0.762. The van der Waals surface area contributed by atoms with Crippen molar-refractivity contribution >= 4 is 11.0 Å². The van der Waals surface area contributed by atoms with Crippen LogP contribution < -0.4 is 0 Å². The second-order valence-electron chi connectivity index (χ2n) is 2.89. The highest BCUT2D eigenvalue weighted by atomic mass is 19.3. The van der Waals surface area contributed by atoms with Gasteiger partial charge in [0, 0.05) is 10.9 Å². The first-order valence-corrected chi connectivity index (χ1v) is 3.96. The Morgan fingerprint density at radius 1 is 1.23 bits per heavy atom. The molecular weight excluding hydrogens is 174 g/mol. The van der Waals surface area contributed by atoms with E-state index in [2.05, 4.69) is 0 Å². The Hall–Kier alpha value is -1.38. The Labute approximate surface area is 74.0 Å². The molecular formula is C10H8F2O. The van der Waals surface area contributed by atoms with Gasteiger partial charge in [-0.3, -0.25) is 0 Å². The van der Waals surface area contributed by atoms with Crippen molar-refractivity contribution in [3.05, 3.63) is 35.6 Å². The Balaban J connectivity index is 2.74. The zero-order valence-electron chi connectivity index (χ0n) is 7.05. The highest BCUT2D eigenvalue weighted by molar-refractivity contribution is 5.81. The molecule has 2 aromatic rings. The molecule has 13 heavy (non-hydrogen) atoms. The summed E-state index contributed by atoms with van der Waals surface area (Å²) in [6, 6.07) is 7.04. The molecule has 1 heterocycles. The number of rotatable bonds is 1. The number of benzene rings is 1. The molecule has 0 N–H and O–H groups in total. The summed E-state index contributed by atoms with van der Waals surface area (Å²) in [5.41, 5.74) is 1.06. The Morgan fingerprint density at radius 2 is 1.92 bits per heavy atom. The van der Waals surface area contributed by atoms with E-state index in [1.807, 2.05) is 0 Å². The van der Waals surface area contributed by atoms with Crippen LogP contribution in [0, 0.1) is 6.92 Å². The third kappa shape index (κ3) is 1.20. The van der Waals surface area contributed by atoms with E-state index in [9.17, 15) is 8.78 Å². The normalized spacial score (nSPS) is 11.4. The van der Waals surface area contributed by atoms with Crippen molar-refractivity contribution in [3.63, 3.8) is 0 Å². The zero-order valence-corrected chi connectivity index (χ0v) is 7.05. The van der Waals surface area contributed by atoms with Crippen LogP contribution in [0.15, 0.2) is 28.7 Å². The van der Waals surface area contributed by atoms with Gasteiger partial charge in [-0.1, -0.05) is 18.2 Å². The van der Waals surface area contributed by atoms with Gasteiger partial charge >= 0.3 is 0 Å². The van der Waals surface area contributed by atoms with Gasteiger partial charge in [-0.05, 0) is 13.0 Å². The van der Waals surface area contributed by atoms with Crippen molar-refractivity contribution in [1.29, 1.82) is 0 Å². The van der Waals surface area contributed by atoms with Gasteiger partial charge in [0.25, 0.3) is 6.43 Å². The summed E-state index contributed by atoms with van der Waals surface area (Å²) >= 11 is 0. The van der Waals surface area contributed by atoms with Crippen LogP contribution in [0.25, 0.3) is 11.0 Å². The first kappa shape index (κ1) is 8.23. The lowest BCUT2D eigenvalue weighted by Gasteiger charge is -1.92. The largest absolute Gasteiger partial charge is 0.455 e. The summed E-state index contributed by atoms with van der Waals surface area (Å²) < 4.78 is 29.8. The van der Waals surface area contributed by atoms with Crippen molar-refractivity contribution in [2.75, 3.05) is 0 Å². The molecule has 0 fully saturated rings. The monoisotopic (exact) mass is 182 g/mol. The van der Waals surface area contributed by atoms with E-state index in [1.54, 1.807) is 31.2 Å². The molecule has 0 unspecified atom stereocenters. The summed E-state index contributed by atoms with van der Waals surface area (Å²) in [7, 11) is 0. The summed E-state index contributed by atoms with van der Waals surface area (Å²) in [5.74, 6) is -0.221. The van der Waals surface area contributed by atoms with E-state index < -0.39 is 6.43 Å². The third-order valence-electron chi connectivity index (χ3n) is 2.08. The first-order chi connectivity index (χ1) is 6.20. The highest BCUT2D eigenvalue weighted by Gasteiger charge is 2.17. The van der Waals surface area contributed by atoms with Crippen LogP contribution in [0.5, 0.6) is 0 Å². The number of halogens is 2. The predicted octanol–water partition coefficient (Wildman–Crippen LogP) is 3.68. The Morgan fingerprint density at radius 3 is 2.54 bits per heavy atom. The van der Waals surface area contributed by atoms with Crippen molar-refractivity contribution in [2.45, 2.75) is 13.3 Å². The molecule has 1 aromatic heterocycles. The number of alkyl halides is 2. The second-order valence-corrected chi connectivity index (χ2v) is 2.89. The van der Waals surface area contributed by atoms with Gasteiger partial charge in [0.05, 0.1) is 0 Å². The second kappa shape index (κ2) is 2.83. The Bertz CT molecular complexity index is 431. The molecule has 68 valence electrons. The molecule has 0 spiro atoms. The van der Waals surface area contributed by atoms with Gasteiger partial charge in [0.2, 0.25) is 0 Å². The smallest absolute Gasteiger partial charge is 0.295 e. The number of para-hydroxylation sites is 1. The van der Waals surface area contributed by atoms with Crippen molar-refractivity contribution < 1.29 is 13.2 Å². The molecule has 0 bridgehead atoms. The molecule has 1 nitrogen and oxygen atoms in total. The van der Waals surface area contributed by atoms with Gasteiger partial charge in [-0.2, -0.15) is 0 Å². The van der Waals surface area contributed by atoms with Gasteiger partial charge in [0.15, 0.2) is 5.76 Å². The van der Waals surface area contributed by atoms with Crippen LogP contribution in [-0.2, 0) is 0 Å². The summed E-state index contributed by atoms with van der Waals surface area (Å²) in [6.45, 7) is 1.65. The minimum Gasteiger partial charge on any atom is -0.455 e. The average molecular weight is 182 g/mol. The lowest BCUT2D eigenvalue weighted by atomic mass is 10.1. The molecule has 0 amide bonds. The van der Waals surface area contributed by atoms with Crippen LogP contribution in [0.2, 0.25) is 0 Å². The van der Waals surface area contributed by atoms with Crippen LogP contribution in [0.1, 0.15) is 17.7 Å². The fraction of sp³-hybridized carbons (Fsp3) is 0.200. The standard InChI is InChI=1S/C10H8F2O/c1-6-7-4-2-3-5-8(7)13-9(6)10(11)12/h2-5,10H,1H3. The topological polar surface area (TPSA) is 13.1 Å². The minimum absolute atomic E-state index is 0.221. The third-order valence-corrected chi connectivity index (χ3v) is 2.08. The molecule has 0 atom stereocenters. The number of aryl methyl sites for hydroxylation is 1. The van der Waals surface area contributed by atoms with Crippen LogP contribution in [0.4, 0.5) is 8.78 Å². The molecule has 0 saturated carbocycles. The maximum atomic E-state index is 12.4. The quantitative estimate of drug-likeness (QED) is 0.655. The van der Waals surface area contributed by atoms with E-state index in [1.165, 1.54) is 0 Å². The summed E-state index contributed by atoms with van der Waals surface area (Å²) in [4.78, 5) is 0. The predicted molar refractivity (Wildman–Crippen MR) is 45.9 cm³/mol. The molecule has 0 radical (unpaired) electrons. The van der Waals surface area contributed by atoms with E-state index in [0.29, 0.717) is 11.1 Å². The maximum absolute atomic E-state index is 12.4. The van der Waals surface area contributed by atoms with E-state index in [0.717, 1.165) is 5.39 Å². The number of furan rings is 1. The minimum atomic E-state index is -2.53. The van der Waals surface area contributed by atoms with Gasteiger partial charge in [0.1, 0.15) is 5.58 Å². The van der Waals surface area contributed by atoms with E-state index in [4.69, 9.17) is 4.42 Å². The molecule has 0 aliphatic carbocycles. The van der Waals surface area contributed by atoms with Crippen molar-refractivity contribution in [3.8, 4) is 0 Å². The fourth-order valence-corrected chi connectivity index (χ4v) is 1.40. The molecule has 0 aliphatic heterocycles. The van der Waals surface area contributed by atoms with E-state index >= 15 is 0 Å². The van der Waals surface area contributed by atoms with Crippen molar-refractivity contribution in [2.24, 2.45) is 0 Å². The molecule has 3 heteroatoms. The van der Waals surface area contributed by atoms with Gasteiger partial charge in [-0.15, -0.1) is 0 Å². The number of hydrogen-bond acceptors (Lipinski definition) is 1. The SMILES string of the molecule is Cc1c(C(F)F)oc2ccccc12. The Kier molecular flexibility index (Phi) is 1.79. The number of hydrogen-bond donors (Lipinski definition) is 0. The van der Waals surface area contributed by atoms with Crippen LogP contribution >= 0.6 is 0 Å². The molecule has 1 aromatic carbocycles. The number of fused-ring (bicyclic) bond motifs is 1. The summed E-state index contributed by atoms with van der Waals surface area (Å²) in [6.07, 6.45) is -2.53.